The number of rotatable bonds is 3. The zero-order valence-electron chi connectivity index (χ0n) is 16.5. The zero-order valence-corrected chi connectivity index (χ0v) is 17.3. The fourth-order valence-corrected chi connectivity index (χ4v) is 4.47. The first-order chi connectivity index (χ1) is 12.6. The van der Waals surface area contributed by atoms with Crippen molar-refractivity contribution in [3.8, 4) is 0 Å². The number of likely N-dealkylation sites (tertiary alicyclic amines) is 1. The van der Waals surface area contributed by atoms with Crippen LogP contribution in [0, 0.1) is 5.92 Å². The van der Waals surface area contributed by atoms with Gasteiger partial charge in [0.2, 0.25) is 5.03 Å². The van der Waals surface area contributed by atoms with Gasteiger partial charge in [-0.3, -0.25) is 0 Å². The molecule has 2 atom stereocenters. The molecule has 1 unspecified atom stereocenters. The largest absolute Gasteiger partial charge is 0.608 e. The molecule has 28 heavy (non-hydrogen) atoms. The number of amides is 1. The van der Waals surface area contributed by atoms with Crippen LogP contribution in [0.1, 0.15) is 46.2 Å². The predicted molar refractivity (Wildman–Crippen MR) is 94.7 cm³/mol. The van der Waals surface area contributed by atoms with Crippen molar-refractivity contribution in [2.75, 3.05) is 13.1 Å². The van der Waals surface area contributed by atoms with Crippen LogP contribution in [0.2, 0.25) is 0 Å². The first kappa shape index (κ1) is 22.8. The molecule has 1 amide bonds. The minimum absolute atomic E-state index is 0.218. The van der Waals surface area contributed by atoms with Gasteiger partial charge < -0.3 is 14.2 Å². The number of aromatic nitrogens is 2. The van der Waals surface area contributed by atoms with E-state index >= 15 is 4.39 Å². The summed E-state index contributed by atoms with van der Waals surface area (Å²) in [7, 11) is 1.20. The smallest absolute Gasteiger partial charge is 0.435 e. The van der Waals surface area contributed by atoms with Gasteiger partial charge in [-0.25, -0.2) is 9.48 Å². The van der Waals surface area contributed by atoms with Crippen LogP contribution in [0.4, 0.5) is 22.4 Å². The number of ether oxygens (including phenoxy) is 1. The molecule has 1 saturated heterocycles. The van der Waals surface area contributed by atoms with Gasteiger partial charge in [0.1, 0.15) is 5.60 Å². The second-order valence-electron chi connectivity index (χ2n) is 7.99. The number of hydrogen-bond acceptors (Lipinski definition) is 4. The lowest BCUT2D eigenvalue weighted by Crippen LogP contribution is -2.48. The SMILES string of the molecule is Cn1nc(C(F)(F)F)cc1[S+]([O-])[C@@](C)(F)C1CCN(C(=O)OC(C)(C)C)CC1. The van der Waals surface area contributed by atoms with Crippen LogP contribution in [-0.2, 0) is 29.1 Å². The number of aryl methyl sites for hydroxylation is 1. The zero-order chi connectivity index (χ0) is 21.5. The lowest BCUT2D eigenvalue weighted by atomic mass is 9.92. The molecule has 1 fully saturated rings. The van der Waals surface area contributed by atoms with Crippen molar-refractivity contribution in [3.05, 3.63) is 11.8 Å². The molecule has 1 aromatic heterocycles. The van der Waals surface area contributed by atoms with Crippen LogP contribution >= 0.6 is 0 Å². The fourth-order valence-electron chi connectivity index (χ4n) is 3.02. The van der Waals surface area contributed by atoms with Crippen molar-refractivity contribution in [3.63, 3.8) is 0 Å². The summed E-state index contributed by atoms with van der Waals surface area (Å²) in [5.74, 6) is -0.684. The molecule has 2 heterocycles. The summed E-state index contributed by atoms with van der Waals surface area (Å²) in [6.07, 6.45) is -4.76. The average Bonchev–Trinajstić information content (AvgIpc) is 2.94. The number of piperidine rings is 1. The maximum absolute atomic E-state index is 15.4. The van der Waals surface area contributed by atoms with Gasteiger partial charge in [-0.05, 0) is 33.6 Å². The Morgan fingerprint density at radius 3 is 2.18 bits per heavy atom. The van der Waals surface area contributed by atoms with Crippen LogP contribution < -0.4 is 0 Å². The van der Waals surface area contributed by atoms with Crippen molar-refractivity contribution in [2.45, 2.75) is 62.3 Å². The highest BCUT2D eigenvalue weighted by Gasteiger charge is 2.50. The van der Waals surface area contributed by atoms with Gasteiger partial charge in [0.05, 0.1) is 0 Å². The highest BCUT2D eigenvalue weighted by molar-refractivity contribution is 7.92. The van der Waals surface area contributed by atoms with Crippen LogP contribution in [0.3, 0.4) is 0 Å². The maximum Gasteiger partial charge on any atom is 0.435 e. The molecular formula is C17H25F4N3O3S. The third-order valence-electron chi connectivity index (χ3n) is 4.56. The molecule has 11 heteroatoms. The Hall–Kier alpha value is -1.49. The van der Waals surface area contributed by atoms with Gasteiger partial charge in [0.15, 0.2) is 5.69 Å². The molecule has 1 aromatic rings. The van der Waals surface area contributed by atoms with Gasteiger partial charge in [0.25, 0.3) is 5.00 Å². The molecule has 0 saturated carbocycles. The van der Waals surface area contributed by atoms with E-state index in [2.05, 4.69) is 5.10 Å². The minimum Gasteiger partial charge on any atom is -0.608 e. The molecule has 1 aliphatic heterocycles. The van der Waals surface area contributed by atoms with Crippen LogP contribution in [0.5, 0.6) is 0 Å². The molecule has 0 spiro atoms. The van der Waals surface area contributed by atoms with Crippen molar-refractivity contribution in [1.29, 1.82) is 0 Å². The third kappa shape index (κ3) is 5.11. The van der Waals surface area contributed by atoms with Gasteiger partial charge in [-0.2, -0.15) is 22.7 Å². The second kappa shape index (κ2) is 7.74. The Morgan fingerprint density at radius 2 is 1.75 bits per heavy atom. The third-order valence-corrected chi connectivity index (χ3v) is 6.38. The van der Waals surface area contributed by atoms with Crippen molar-refractivity contribution >= 4 is 17.3 Å². The lowest BCUT2D eigenvalue weighted by molar-refractivity contribution is -0.141. The van der Waals surface area contributed by atoms with E-state index in [4.69, 9.17) is 4.74 Å². The Bertz CT molecular complexity index is 707. The van der Waals surface area contributed by atoms with Gasteiger partial charge in [0, 0.05) is 50.2 Å². The van der Waals surface area contributed by atoms with E-state index in [0.29, 0.717) is 6.07 Å². The van der Waals surface area contributed by atoms with Crippen molar-refractivity contribution in [1.82, 2.24) is 14.7 Å². The minimum atomic E-state index is -4.70. The van der Waals surface area contributed by atoms with E-state index < -0.39 is 45.7 Å². The topological polar surface area (TPSA) is 70.4 Å². The monoisotopic (exact) mass is 427 g/mol. The van der Waals surface area contributed by atoms with Gasteiger partial charge >= 0.3 is 12.3 Å². The molecule has 0 aromatic carbocycles. The summed E-state index contributed by atoms with van der Waals surface area (Å²) < 4.78 is 72.6. The first-order valence-corrected chi connectivity index (χ1v) is 9.98. The lowest BCUT2D eigenvalue weighted by Gasteiger charge is -2.38. The van der Waals surface area contributed by atoms with Crippen molar-refractivity contribution < 1.29 is 31.6 Å². The Kier molecular flexibility index (Phi) is 6.30. The molecular weight excluding hydrogens is 402 g/mol. The molecule has 0 N–H and O–H groups in total. The fraction of sp³-hybridized carbons (Fsp3) is 0.765. The van der Waals surface area contributed by atoms with Crippen molar-refractivity contribution in [2.24, 2.45) is 13.0 Å². The summed E-state index contributed by atoms with van der Waals surface area (Å²) in [5.41, 5.74) is -1.87. The normalized spacial score (nSPS) is 20.0. The van der Waals surface area contributed by atoms with E-state index in [1.165, 1.54) is 11.9 Å². The summed E-state index contributed by atoms with van der Waals surface area (Å²) in [5, 5.41) is 0.699. The molecule has 160 valence electrons. The van der Waals surface area contributed by atoms with E-state index in [9.17, 15) is 22.5 Å². The molecule has 2 rings (SSSR count). The average molecular weight is 427 g/mol. The molecule has 1 aliphatic rings. The van der Waals surface area contributed by atoms with E-state index in [-0.39, 0.29) is 31.0 Å². The molecule has 6 nitrogen and oxygen atoms in total. The highest BCUT2D eigenvalue weighted by atomic mass is 32.2. The van der Waals surface area contributed by atoms with E-state index in [1.807, 2.05) is 0 Å². The number of carbonyl (C=O) groups excluding carboxylic acids is 1. The summed E-state index contributed by atoms with van der Waals surface area (Å²) >= 11 is -2.36. The number of carbonyl (C=O) groups is 1. The Labute approximate surface area is 164 Å². The number of alkyl halides is 4. The second-order valence-corrected chi connectivity index (χ2v) is 9.74. The maximum atomic E-state index is 15.4. The Morgan fingerprint density at radius 1 is 1.21 bits per heavy atom. The molecule has 0 bridgehead atoms. The molecule has 0 aliphatic carbocycles. The number of halogens is 4. The van der Waals surface area contributed by atoms with Crippen LogP contribution in [0.25, 0.3) is 0 Å². The van der Waals surface area contributed by atoms with Crippen LogP contribution in [-0.4, -0.2) is 49.0 Å². The Balaban J connectivity index is 2.08. The van der Waals surface area contributed by atoms with Crippen LogP contribution in [0.15, 0.2) is 11.1 Å². The molecule has 0 radical (unpaired) electrons. The van der Waals surface area contributed by atoms with E-state index in [1.54, 1.807) is 20.8 Å². The number of hydrogen-bond donors (Lipinski definition) is 0. The van der Waals surface area contributed by atoms with Gasteiger partial charge in [-0.1, -0.05) is 0 Å². The van der Waals surface area contributed by atoms with E-state index in [0.717, 1.165) is 11.6 Å². The highest BCUT2D eigenvalue weighted by Crippen LogP contribution is 2.40. The number of nitrogens with zero attached hydrogens (tertiary/aromatic N) is 3. The summed E-state index contributed by atoms with van der Waals surface area (Å²) in [6, 6.07) is 0.615. The predicted octanol–water partition coefficient (Wildman–Crippen LogP) is 3.88. The summed E-state index contributed by atoms with van der Waals surface area (Å²) in [4.78, 5) is 13.5. The quantitative estimate of drug-likeness (QED) is 0.542. The summed E-state index contributed by atoms with van der Waals surface area (Å²) in [6.45, 7) is 6.77. The standard InChI is InChI=1S/C17H25F4N3O3S/c1-15(2,3)27-14(25)24-8-6-11(7-9-24)16(4,18)28(26)13-10-12(17(19,20)21)22-23(13)5/h10-11H,6-9H2,1-5H3/t16-,28?/m1/s1. The first-order valence-electron chi connectivity index (χ1n) is 8.83. The van der Waals surface area contributed by atoms with Gasteiger partial charge in [-0.15, -0.1) is 0 Å².